The molecule has 0 fully saturated rings. The molecule has 1 aromatic rings. The van der Waals surface area contributed by atoms with Crippen LogP contribution in [0.5, 0.6) is 0 Å². The van der Waals surface area contributed by atoms with Crippen molar-refractivity contribution < 1.29 is 19.1 Å². The molecule has 0 unspecified atom stereocenters. The second-order valence-electron chi connectivity index (χ2n) is 7.55. The molecule has 0 saturated carbocycles. The number of ketones is 2. The smallest absolute Gasteiger partial charge is 0.407 e. The van der Waals surface area contributed by atoms with Crippen LogP contribution in [-0.2, 0) is 4.74 Å². The van der Waals surface area contributed by atoms with Crippen LogP contribution in [0.15, 0.2) is 24.3 Å². The summed E-state index contributed by atoms with van der Waals surface area (Å²) in [6.07, 6.45) is 2.39. The van der Waals surface area contributed by atoms with E-state index in [4.69, 9.17) is 4.74 Å². The molecular formula is C20H27NO4. The number of alkyl carbamates (subject to hydrolysis) is 1. The Labute approximate surface area is 149 Å². The first-order valence-electron chi connectivity index (χ1n) is 8.90. The number of ether oxygens (including phenoxy) is 1. The lowest BCUT2D eigenvalue weighted by molar-refractivity contribution is 0.0487. The molecule has 1 atom stereocenters. The lowest BCUT2D eigenvalue weighted by Crippen LogP contribution is -2.41. The number of Topliss-reactive ketones (excluding diaryl/α,β-unsaturated/α-hetero) is 2. The van der Waals surface area contributed by atoms with Crippen LogP contribution in [0.2, 0.25) is 0 Å². The van der Waals surface area contributed by atoms with Gasteiger partial charge in [0.15, 0.2) is 11.6 Å². The van der Waals surface area contributed by atoms with Crippen LogP contribution in [0.3, 0.4) is 0 Å². The van der Waals surface area contributed by atoms with Crippen molar-refractivity contribution in [3.63, 3.8) is 0 Å². The van der Waals surface area contributed by atoms with Gasteiger partial charge in [-0.1, -0.05) is 44.0 Å². The van der Waals surface area contributed by atoms with Crippen molar-refractivity contribution in [3.8, 4) is 0 Å². The predicted molar refractivity (Wildman–Crippen MR) is 95.9 cm³/mol. The van der Waals surface area contributed by atoms with E-state index in [2.05, 4.69) is 12.2 Å². The summed E-state index contributed by atoms with van der Waals surface area (Å²) >= 11 is 0. The average molecular weight is 345 g/mol. The zero-order valence-corrected chi connectivity index (χ0v) is 15.4. The van der Waals surface area contributed by atoms with Crippen molar-refractivity contribution in [1.29, 1.82) is 0 Å². The molecular weight excluding hydrogens is 318 g/mol. The maximum absolute atomic E-state index is 12.6. The molecule has 0 aliphatic heterocycles. The molecule has 1 amide bonds. The SMILES string of the molecule is CCCC[C@H](CC1C(=O)c2ccccc2C1=O)NC(=O)OC(C)(C)C. The highest BCUT2D eigenvalue weighted by atomic mass is 16.6. The molecule has 25 heavy (non-hydrogen) atoms. The van der Waals surface area contributed by atoms with Crippen LogP contribution in [0.1, 0.15) is 74.1 Å². The van der Waals surface area contributed by atoms with E-state index in [1.54, 1.807) is 45.0 Å². The first-order valence-corrected chi connectivity index (χ1v) is 8.90. The van der Waals surface area contributed by atoms with E-state index in [9.17, 15) is 14.4 Å². The molecule has 136 valence electrons. The summed E-state index contributed by atoms with van der Waals surface area (Å²) in [5.74, 6) is -1.00. The fourth-order valence-electron chi connectivity index (χ4n) is 3.08. The summed E-state index contributed by atoms with van der Waals surface area (Å²) in [6.45, 7) is 7.46. The number of hydrogen-bond donors (Lipinski definition) is 1. The van der Waals surface area contributed by atoms with Crippen LogP contribution >= 0.6 is 0 Å². The Balaban J connectivity index is 2.08. The molecule has 1 N–H and O–H groups in total. The van der Waals surface area contributed by atoms with Crippen LogP contribution in [-0.4, -0.2) is 29.3 Å². The van der Waals surface area contributed by atoms with Gasteiger partial charge in [0, 0.05) is 17.2 Å². The third-order valence-electron chi connectivity index (χ3n) is 4.24. The van der Waals surface area contributed by atoms with Gasteiger partial charge in [-0.15, -0.1) is 0 Å². The summed E-state index contributed by atoms with van der Waals surface area (Å²) < 4.78 is 5.31. The largest absolute Gasteiger partial charge is 0.444 e. The minimum Gasteiger partial charge on any atom is -0.444 e. The van der Waals surface area contributed by atoms with Gasteiger partial charge in [-0.05, 0) is 33.6 Å². The van der Waals surface area contributed by atoms with Gasteiger partial charge in [0.1, 0.15) is 5.60 Å². The Morgan fingerprint density at radius 1 is 1.16 bits per heavy atom. The quantitative estimate of drug-likeness (QED) is 0.786. The monoisotopic (exact) mass is 345 g/mol. The number of benzene rings is 1. The number of carbonyl (C=O) groups excluding carboxylic acids is 3. The number of amides is 1. The molecule has 0 saturated heterocycles. The molecule has 5 nitrogen and oxygen atoms in total. The number of hydrogen-bond acceptors (Lipinski definition) is 4. The fourth-order valence-corrected chi connectivity index (χ4v) is 3.08. The van der Waals surface area contributed by atoms with Gasteiger partial charge < -0.3 is 10.1 Å². The average Bonchev–Trinajstić information content (AvgIpc) is 2.76. The number of unbranched alkanes of at least 4 members (excludes halogenated alkanes) is 1. The molecule has 0 bridgehead atoms. The van der Waals surface area contributed by atoms with E-state index in [1.165, 1.54) is 0 Å². The molecule has 1 aromatic carbocycles. The van der Waals surface area contributed by atoms with Crippen LogP contribution in [0.4, 0.5) is 4.79 Å². The van der Waals surface area contributed by atoms with Gasteiger partial charge >= 0.3 is 6.09 Å². The molecule has 0 heterocycles. The lowest BCUT2D eigenvalue weighted by Gasteiger charge is -2.24. The Kier molecular flexibility index (Phi) is 5.98. The number of nitrogens with one attached hydrogen (secondary N) is 1. The molecule has 2 rings (SSSR count). The van der Waals surface area contributed by atoms with Crippen molar-refractivity contribution in [2.24, 2.45) is 5.92 Å². The van der Waals surface area contributed by atoms with Gasteiger partial charge in [0.25, 0.3) is 0 Å². The minimum absolute atomic E-state index is 0.145. The Bertz CT molecular complexity index is 625. The van der Waals surface area contributed by atoms with Gasteiger partial charge in [0.05, 0.1) is 5.92 Å². The van der Waals surface area contributed by atoms with Crippen molar-refractivity contribution in [2.75, 3.05) is 0 Å². The number of carbonyl (C=O) groups is 3. The maximum atomic E-state index is 12.6. The molecule has 1 aliphatic rings. The third kappa shape index (κ3) is 4.91. The highest BCUT2D eigenvalue weighted by Crippen LogP contribution is 2.30. The van der Waals surface area contributed by atoms with Crippen LogP contribution in [0, 0.1) is 5.92 Å². The summed E-state index contributed by atoms with van der Waals surface area (Å²) in [5.41, 5.74) is 0.391. The van der Waals surface area contributed by atoms with E-state index in [-0.39, 0.29) is 17.6 Å². The van der Waals surface area contributed by atoms with E-state index in [0.29, 0.717) is 24.0 Å². The summed E-state index contributed by atoms with van der Waals surface area (Å²) in [4.78, 5) is 37.2. The number of rotatable bonds is 6. The predicted octanol–water partition coefficient (Wildman–Crippen LogP) is 4.16. The second kappa shape index (κ2) is 7.81. The van der Waals surface area contributed by atoms with Crippen molar-refractivity contribution in [1.82, 2.24) is 5.32 Å². The van der Waals surface area contributed by atoms with E-state index in [1.807, 2.05) is 0 Å². The fraction of sp³-hybridized carbons (Fsp3) is 0.550. The highest BCUT2D eigenvalue weighted by Gasteiger charge is 2.39. The summed E-state index contributed by atoms with van der Waals surface area (Å²) in [6, 6.07) is 6.65. The first-order chi connectivity index (χ1) is 11.7. The second-order valence-corrected chi connectivity index (χ2v) is 7.55. The van der Waals surface area contributed by atoms with E-state index in [0.717, 1.165) is 12.8 Å². The molecule has 5 heteroatoms. The van der Waals surface area contributed by atoms with Crippen LogP contribution < -0.4 is 5.32 Å². The normalized spacial score (nSPS) is 15.8. The van der Waals surface area contributed by atoms with E-state index >= 15 is 0 Å². The maximum Gasteiger partial charge on any atom is 0.407 e. The summed E-state index contributed by atoms with van der Waals surface area (Å²) in [5, 5.41) is 2.84. The van der Waals surface area contributed by atoms with Gasteiger partial charge in [-0.3, -0.25) is 9.59 Å². The molecule has 0 spiro atoms. The Hall–Kier alpha value is -2.17. The van der Waals surface area contributed by atoms with Crippen molar-refractivity contribution >= 4 is 17.7 Å². The minimum atomic E-state index is -0.714. The van der Waals surface area contributed by atoms with Gasteiger partial charge in [-0.2, -0.15) is 0 Å². The highest BCUT2D eigenvalue weighted by molar-refractivity contribution is 6.26. The number of fused-ring (bicyclic) bond motifs is 1. The van der Waals surface area contributed by atoms with Crippen molar-refractivity contribution in [3.05, 3.63) is 35.4 Å². The molecule has 0 radical (unpaired) electrons. The van der Waals surface area contributed by atoms with Crippen LogP contribution in [0.25, 0.3) is 0 Å². The Morgan fingerprint density at radius 2 is 1.72 bits per heavy atom. The lowest BCUT2D eigenvalue weighted by atomic mass is 9.92. The molecule has 0 aromatic heterocycles. The first kappa shape index (κ1) is 19.2. The zero-order chi connectivity index (χ0) is 18.6. The Morgan fingerprint density at radius 3 is 2.20 bits per heavy atom. The van der Waals surface area contributed by atoms with Gasteiger partial charge in [0.2, 0.25) is 0 Å². The van der Waals surface area contributed by atoms with Crippen molar-refractivity contribution in [2.45, 2.75) is 65.0 Å². The van der Waals surface area contributed by atoms with Gasteiger partial charge in [-0.25, -0.2) is 4.79 Å². The van der Waals surface area contributed by atoms with E-state index < -0.39 is 17.6 Å². The zero-order valence-electron chi connectivity index (χ0n) is 15.4. The topological polar surface area (TPSA) is 72.5 Å². The molecule has 1 aliphatic carbocycles. The standard InChI is InChI=1S/C20H27NO4/c1-5-6-9-13(21-19(24)25-20(2,3)4)12-16-17(22)14-10-7-8-11-15(14)18(16)23/h7-8,10-11,13,16H,5-6,9,12H2,1-4H3,(H,21,24)/t13-/m1/s1. The summed E-state index contributed by atoms with van der Waals surface area (Å²) in [7, 11) is 0. The third-order valence-corrected chi connectivity index (χ3v) is 4.24.